The lowest BCUT2D eigenvalue weighted by molar-refractivity contribution is 0.0965. The molecule has 1 fully saturated rings. The van der Waals surface area contributed by atoms with Crippen molar-refractivity contribution in [1.82, 2.24) is 4.90 Å². The van der Waals surface area contributed by atoms with E-state index < -0.39 is 0 Å². The summed E-state index contributed by atoms with van der Waals surface area (Å²) in [5.74, 6) is 0. The van der Waals surface area contributed by atoms with Crippen molar-refractivity contribution in [1.29, 1.82) is 0 Å². The summed E-state index contributed by atoms with van der Waals surface area (Å²) in [7, 11) is 1.72. The van der Waals surface area contributed by atoms with Crippen molar-refractivity contribution in [2.24, 2.45) is 0 Å². The van der Waals surface area contributed by atoms with Gasteiger partial charge in [0.2, 0.25) is 0 Å². The molecule has 1 aromatic rings. The van der Waals surface area contributed by atoms with E-state index in [1.54, 1.807) is 11.9 Å². The van der Waals surface area contributed by atoms with Gasteiger partial charge in [-0.2, -0.15) is 0 Å². The fraction of sp³-hybridized carbons (Fsp3) is 0.462. The molecule has 4 heteroatoms. The zero-order chi connectivity index (χ0) is 12.3. The summed E-state index contributed by atoms with van der Waals surface area (Å²) < 4.78 is 10.4. The first-order valence-electron chi connectivity index (χ1n) is 5.65. The number of hydrogen-bond donors (Lipinski definition) is 0. The monoisotopic (exact) mass is 235 g/mol. The SMILES string of the molecule is CN(CC1(C)CO1)C(=O)OCc1ccccc1. The fourth-order valence-corrected chi connectivity index (χ4v) is 1.61. The molecule has 0 aliphatic carbocycles. The molecule has 0 spiro atoms. The Bertz CT molecular complexity index is 387. The van der Waals surface area contributed by atoms with Gasteiger partial charge in [0.15, 0.2) is 0 Å². The van der Waals surface area contributed by atoms with Gasteiger partial charge in [-0.15, -0.1) is 0 Å². The van der Waals surface area contributed by atoms with E-state index in [2.05, 4.69) is 0 Å². The minimum absolute atomic E-state index is 0.166. The highest BCUT2D eigenvalue weighted by Crippen LogP contribution is 2.26. The van der Waals surface area contributed by atoms with Crippen LogP contribution in [-0.2, 0) is 16.1 Å². The summed E-state index contributed by atoms with van der Waals surface area (Å²) in [6.45, 7) is 3.57. The Morgan fingerprint density at radius 2 is 2.12 bits per heavy atom. The summed E-state index contributed by atoms with van der Waals surface area (Å²) >= 11 is 0. The van der Waals surface area contributed by atoms with E-state index in [9.17, 15) is 4.79 Å². The Morgan fingerprint density at radius 1 is 1.47 bits per heavy atom. The topological polar surface area (TPSA) is 42.1 Å². The second-order valence-corrected chi connectivity index (χ2v) is 4.63. The van der Waals surface area contributed by atoms with E-state index in [0.717, 1.165) is 5.56 Å². The molecule has 1 atom stereocenters. The first-order chi connectivity index (χ1) is 8.09. The second kappa shape index (κ2) is 4.75. The Kier molecular flexibility index (Phi) is 3.33. The Balaban J connectivity index is 1.77. The van der Waals surface area contributed by atoms with Gasteiger partial charge in [0.05, 0.1) is 13.2 Å². The molecule has 1 saturated heterocycles. The quantitative estimate of drug-likeness (QED) is 0.750. The maximum Gasteiger partial charge on any atom is 0.409 e. The van der Waals surface area contributed by atoms with Crippen molar-refractivity contribution in [2.75, 3.05) is 20.2 Å². The number of nitrogens with zero attached hydrogens (tertiary/aromatic N) is 1. The van der Waals surface area contributed by atoms with Crippen molar-refractivity contribution >= 4 is 6.09 Å². The lowest BCUT2D eigenvalue weighted by Crippen LogP contribution is -2.35. The lowest BCUT2D eigenvalue weighted by Gasteiger charge is -2.18. The smallest absolute Gasteiger partial charge is 0.409 e. The van der Waals surface area contributed by atoms with Crippen LogP contribution in [-0.4, -0.2) is 36.8 Å². The summed E-state index contributed by atoms with van der Waals surface area (Å²) in [5, 5.41) is 0. The van der Waals surface area contributed by atoms with Gasteiger partial charge < -0.3 is 14.4 Å². The third-order valence-electron chi connectivity index (χ3n) is 2.73. The van der Waals surface area contributed by atoms with E-state index in [0.29, 0.717) is 19.8 Å². The summed E-state index contributed by atoms with van der Waals surface area (Å²) in [4.78, 5) is 13.2. The molecule has 4 nitrogen and oxygen atoms in total. The first-order valence-corrected chi connectivity index (χ1v) is 5.65. The average Bonchev–Trinajstić information content (AvgIpc) is 3.05. The van der Waals surface area contributed by atoms with Crippen LogP contribution in [0.15, 0.2) is 30.3 Å². The van der Waals surface area contributed by atoms with Gasteiger partial charge in [0.1, 0.15) is 12.2 Å². The van der Waals surface area contributed by atoms with Crippen molar-refractivity contribution in [3.63, 3.8) is 0 Å². The highest BCUT2D eigenvalue weighted by atomic mass is 16.6. The van der Waals surface area contributed by atoms with Gasteiger partial charge in [-0.1, -0.05) is 30.3 Å². The molecule has 17 heavy (non-hydrogen) atoms. The van der Waals surface area contributed by atoms with Crippen LogP contribution in [0.3, 0.4) is 0 Å². The number of epoxide rings is 1. The predicted octanol–water partition coefficient (Wildman–Crippen LogP) is 2.04. The molecule has 1 unspecified atom stereocenters. The van der Waals surface area contributed by atoms with Crippen LogP contribution in [0, 0.1) is 0 Å². The van der Waals surface area contributed by atoms with Crippen LogP contribution < -0.4 is 0 Å². The molecule has 1 aromatic carbocycles. The van der Waals surface area contributed by atoms with Crippen molar-refractivity contribution in [3.8, 4) is 0 Å². The van der Waals surface area contributed by atoms with Gasteiger partial charge in [-0.25, -0.2) is 4.79 Å². The van der Waals surface area contributed by atoms with Crippen LogP contribution in [0.1, 0.15) is 12.5 Å². The van der Waals surface area contributed by atoms with Crippen molar-refractivity contribution in [2.45, 2.75) is 19.1 Å². The highest BCUT2D eigenvalue weighted by molar-refractivity contribution is 5.67. The first kappa shape index (κ1) is 11.9. The second-order valence-electron chi connectivity index (χ2n) is 4.63. The molecule has 1 amide bonds. The predicted molar refractivity (Wildman–Crippen MR) is 63.6 cm³/mol. The molecule has 0 N–H and O–H groups in total. The molecule has 92 valence electrons. The zero-order valence-electron chi connectivity index (χ0n) is 10.2. The van der Waals surface area contributed by atoms with E-state index >= 15 is 0 Å². The Morgan fingerprint density at radius 3 is 2.71 bits per heavy atom. The van der Waals surface area contributed by atoms with Gasteiger partial charge >= 0.3 is 6.09 Å². The fourth-order valence-electron chi connectivity index (χ4n) is 1.61. The molecular formula is C13H17NO3. The number of amides is 1. The number of carbonyl (C=O) groups excluding carboxylic acids is 1. The summed E-state index contributed by atoms with van der Waals surface area (Å²) in [5.41, 5.74) is 0.823. The van der Waals surface area contributed by atoms with E-state index in [4.69, 9.17) is 9.47 Å². The minimum Gasteiger partial charge on any atom is -0.445 e. The highest BCUT2D eigenvalue weighted by Gasteiger charge is 2.41. The third-order valence-corrected chi connectivity index (χ3v) is 2.73. The van der Waals surface area contributed by atoms with Gasteiger partial charge in [-0.05, 0) is 12.5 Å². The standard InChI is InChI=1S/C13H17NO3/c1-13(10-17-13)9-14(2)12(15)16-8-11-6-4-3-5-7-11/h3-7H,8-10H2,1-2H3. The van der Waals surface area contributed by atoms with Gasteiger partial charge in [-0.3, -0.25) is 0 Å². The van der Waals surface area contributed by atoms with Crippen LogP contribution in [0.4, 0.5) is 4.79 Å². The Hall–Kier alpha value is -1.55. The normalized spacial score (nSPS) is 22.0. The molecule has 0 aromatic heterocycles. The van der Waals surface area contributed by atoms with Crippen LogP contribution in [0.5, 0.6) is 0 Å². The minimum atomic E-state index is -0.314. The maximum atomic E-state index is 11.7. The molecule has 0 bridgehead atoms. The number of likely N-dealkylation sites (N-methyl/N-ethyl adjacent to an activating group) is 1. The van der Waals surface area contributed by atoms with E-state index in [1.807, 2.05) is 37.3 Å². The molecule has 0 saturated carbocycles. The lowest BCUT2D eigenvalue weighted by atomic mass is 10.2. The average molecular weight is 235 g/mol. The van der Waals surface area contributed by atoms with Crippen molar-refractivity contribution in [3.05, 3.63) is 35.9 Å². The molecule has 1 aliphatic heterocycles. The third kappa shape index (κ3) is 3.46. The van der Waals surface area contributed by atoms with E-state index in [1.165, 1.54) is 0 Å². The molecule has 0 radical (unpaired) electrons. The number of rotatable bonds is 4. The number of hydrogen-bond acceptors (Lipinski definition) is 3. The van der Waals surface area contributed by atoms with Crippen molar-refractivity contribution < 1.29 is 14.3 Å². The van der Waals surface area contributed by atoms with E-state index in [-0.39, 0.29) is 11.7 Å². The molecule has 2 rings (SSSR count). The Labute approximate surface area is 101 Å². The molecular weight excluding hydrogens is 218 g/mol. The van der Waals surface area contributed by atoms with Gasteiger partial charge in [0.25, 0.3) is 0 Å². The van der Waals surface area contributed by atoms with Crippen LogP contribution in [0.25, 0.3) is 0 Å². The summed E-state index contributed by atoms with van der Waals surface area (Å²) in [6, 6.07) is 9.64. The molecule has 1 aliphatic rings. The van der Waals surface area contributed by atoms with Gasteiger partial charge in [0, 0.05) is 7.05 Å². The maximum absolute atomic E-state index is 11.7. The number of carbonyl (C=O) groups is 1. The van der Waals surface area contributed by atoms with Crippen LogP contribution in [0.2, 0.25) is 0 Å². The van der Waals surface area contributed by atoms with Crippen LogP contribution >= 0.6 is 0 Å². The largest absolute Gasteiger partial charge is 0.445 e. The zero-order valence-corrected chi connectivity index (χ0v) is 10.2. The number of benzene rings is 1. The number of ether oxygens (including phenoxy) is 2. The molecule has 1 heterocycles. The summed E-state index contributed by atoms with van der Waals surface area (Å²) in [6.07, 6.45) is -0.314.